The fourth-order valence-electron chi connectivity index (χ4n) is 2.68. The summed E-state index contributed by atoms with van der Waals surface area (Å²) in [4.78, 5) is 45.3. The molecule has 0 saturated carbocycles. The summed E-state index contributed by atoms with van der Waals surface area (Å²) in [5.41, 5.74) is 0.858. The number of benzene rings is 1. The first-order chi connectivity index (χ1) is 14.4. The van der Waals surface area contributed by atoms with Gasteiger partial charge in [-0.05, 0) is 49.9 Å². The summed E-state index contributed by atoms with van der Waals surface area (Å²) in [6, 6.07) is 6.36. The van der Waals surface area contributed by atoms with Crippen LogP contribution in [0.2, 0.25) is 0 Å². The Labute approximate surface area is 171 Å². The maximum atomic E-state index is 13.1. The van der Waals surface area contributed by atoms with E-state index < -0.39 is 17.4 Å². The van der Waals surface area contributed by atoms with Crippen LogP contribution < -0.4 is 16.2 Å². The summed E-state index contributed by atoms with van der Waals surface area (Å²) in [6.45, 7) is 1.77. The van der Waals surface area contributed by atoms with Crippen molar-refractivity contribution in [2.45, 2.75) is 19.5 Å². The molecule has 0 saturated heterocycles. The smallest absolute Gasteiger partial charge is 0.277 e. The van der Waals surface area contributed by atoms with Gasteiger partial charge in [0.05, 0.1) is 25.1 Å². The topological polar surface area (TPSA) is 106 Å². The molecule has 1 amide bonds. The zero-order valence-electron chi connectivity index (χ0n) is 16.4. The van der Waals surface area contributed by atoms with Gasteiger partial charge in [0, 0.05) is 23.5 Å². The number of halogens is 1. The first-order valence-electron chi connectivity index (χ1n) is 9.16. The van der Waals surface area contributed by atoms with Crippen molar-refractivity contribution < 1.29 is 14.0 Å². The maximum Gasteiger partial charge on any atom is 0.277 e. The summed E-state index contributed by atoms with van der Waals surface area (Å²) in [7, 11) is 1.64. The number of ketones is 1. The standard InChI is InChI=1S/C21H20FN5O3/c1-13(23-2)20(29)26-18-10-25-12-27(21(18)30)11-14-7-16(9-24-8-14)19(28)15-3-5-17(22)6-4-15/h3-10,12-13,23H,11H2,1-2H3,(H,26,29). The van der Waals surface area contributed by atoms with Crippen LogP contribution in [0.5, 0.6) is 0 Å². The van der Waals surface area contributed by atoms with Crippen LogP contribution in [0.4, 0.5) is 10.1 Å². The van der Waals surface area contributed by atoms with Gasteiger partial charge in [-0.1, -0.05) is 0 Å². The molecule has 30 heavy (non-hydrogen) atoms. The molecule has 2 N–H and O–H groups in total. The number of pyridine rings is 1. The van der Waals surface area contributed by atoms with Gasteiger partial charge in [-0.3, -0.25) is 23.9 Å². The number of nitrogens with one attached hydrogen (secondary N) is 2. The molecule has 0 bridgehead atoms. The van der Waals surface area contributed by atoms with E-state index in [4.69, 9.17) is 0 Å². The van der Waals surface area contributed by atoms with Crippen LogP contribution in [0.15, 0.2) is 60.0 Å². The average Bonchev–Trinajstić information content (AvgIpc) is 2.76. The van der Waals surface area contributed by atoms with E-state index in [2.05, 4.69) is 20.6 Å². The van der Waals surface area contributed by atoms with E-state index in [1.54, 1.807) is 20.0 Å². The van der Waals surface area contributed by atoms with E-state index in [0.717, 1.165) is 0 Å². The highest BCUT2D eigenvalue weighted by atomic mass is 19.1. The van der Waals surface area contributed by atoms with Crippen molar-refractivity contribution in [3.05, 3.63) is 88.1 Å². The zero-order valence-corrected chi connectivity index (χ0v) is 16.4. The van der Waals surface area contributed by atoms with Crippen molar-refractivity contribution in [3.8, 4) is 0 Å². The van der Waals surface area contributed by atoms with Crippen LogP contribution >= 0.6 is 0 Å². The van der Waals surface area contributed by atoms with Gasteiger partial charge in [0.25, 0.3) is 5.56 Å². The lowest BCUT2D eigenvalue weighted by atomic mass is 10.0. The van der Waals surface area contributed by atoms with E-state index in [1.807, 2.05) is 0 Å². The second kappa shape index (κ2) is 9.19. The van der Waals surface area contributed by atoms with Crippen molar-refractivity contribution >= 4 is 17.4 Å². The number of carbonyl (C=O) groups excluding carboxylic acids is 2. The largest absolute Gasteiger partial charge is 0.319 e. The lowest BCUT2D eigenvalue weighted by Gasteiger charge is -2.12. The van der Waals surface area contributed by atoms with Gasteiger partial charge in [0.2, 0.25) is 5.91 Å². The van der Waals surface area contributed by atoms with E-state index >= 15 is 0 Å². The molecule has 2 aromatic heterocycles. The Morgan fingerprint density at radius 1 is 1.10 bits per heavy atom. The number of amides is 1. The Bertz CT molecular complexity index is 1130. The highest BCUT2D eigenvalue weighted by Crippen LogP contribution is 2.12. The molecule has 3 rings (SSSR count). The molecule has 2 heterocycles. The highest BCUT2D eigenvalue weighted by molar-refractivity contribution is 6.08. The van der Waals surface area contributed by atoms with Gasteiger partial charge >= 0.3 is 0 Å². The summed E-state index contributed by atoms with van der Waals surface area (Å²) < 4.78 is 14.4. The molecule has 3 aromatic rings. The number of nitrogens with zero attached hydrogens (tertiary/aromatic N) is 3. The SMILES string of the molecule is CNC(C)C(=O)Nc1cncn(Cc2cncc(C(=O)c3ccc(F)cc3)c2)c1=O. The van der Waals surface area contributed by atoms with E-state index in [-0.39, 0.29) is 23.9 Å². The first kappa shape index (κ1) is 21.0. The lowest BCUT2D eigenvalue weighted by Crippen LogP contribution is -2.37. The van der Waals surface area contributed by atoms with Crippen molar-refractivity contribution in [2.75, 3.05) is 12.4 Å². The minimum absolute atomic E-state index is 0.0519. The number of anilines is 1. The fraction of sp³-hybridized carbons (Fsp3) is 0.190. The molecular weight excluding hydrogens is 389 g/mol. The third-order valence-electron chi connectivity index (χ3n) is 4.50. The zero-order chi connectivity index (χ0) is 21.7. The molecule has 0 radical (unpaired) electrons. The summed E-state index contributed by atoms with van der Waals surface area (Å²) in [6.07, 6.45) is 5.56. The minimum atomic E-state index is -0.476. The molecule has 0 aliphatic rings. The van der Waals surface area contributed by atoms with Gasteiger partial charge in [0.1, 0.15) is 11.5 Å². The number of hydrogen-bond donors (Lipinski definition) is 2. The Kier molecular flexibility index (Phi) is 6.43. The Balaban J connectivity index is 1.82. The Hall–Kier alpha value is -3.72. The summed E-state index contributed by atoms with van der Waals surface area (Å²) in [5, 5.41) is 5.33. The second-order valence-electron chi connectivity index (χ2n) is 6.66. The van der Waals surface area contributed by atoms with Gasteiger partial charge in [-0.2, -0.15) is 0 Å². The average molecular weight is 409 g/mol. The maximum absolute atomic E-state index is 13.1. The molecule has 0 aliphatic carbocycles. The van der Waals surface area contributed by atoms with Crippen LogP contribution in [0.25, 0.3) is 0 Å². The van der Waals surface area contributed by atoms with Gasteiger partial charge in [-0.15, -0.1) is 0 Å². The normalized spacial score (nSPS) is 11.7. The van der Waals surface area contributed by atoms with Crippen LogP contribution in [0.3, 0.4) is 0 Å². The predicted octanol–water partition coefficient (Wildman–Crippen LogP) is 1.60. The Morgan fingerprint density at radius 3 is 2.53 bits per heavy atom. The third-order valence-corrected chi connectivity index (χ3v) is 4.50. The number of carbonyl (C=O) groups is 2. The molecule has 0 aliphatic heterocycles. The molecule has 1 unspecified atom stereocenters. The van der Waals surface area contributed by atoms with Gasteiger partial charge in [-0.25, -0.2) is 9.37 Å². The molecule has 8 nitrogen and oxygen atoms in total. The first-order valence-corrected chi connectivity index (χ1v) is 9.16. The van der Waals surface area contributed by atoms with Gasteiger partial charge in [0.15, 0.2) is 5.78 Å². The number of rotatable bonds is 7. The number of likely N-dealkylation sites (N-methyl/N-ethyl adjacent to an activating group) is 1. The molecular formula is C21H20FN5O3. The lowest BCUT2D eigenvalue weighted by molar-refractivity contribution is -0.117. The van der Waals surface area contributed by atoms with E-state index in [1.165, 1.54) is 53.8 Å². The molecule has 1 atom stereocenters. The summed E-state index contributed by atoms with van der Waals surface area (Å²) in [5.74, 6) is -1.10. The van der Waals surface area contributed by atoms with E-state index in [0.29, 0.717) is 16.7 Å². The van der Waals surface area contributed by atoms with Crippen LogP contribution in [0.1, 0.15) is 28.4 Å². The van der Waals surface area contributed by atoms with Crippen LogP contribution in [0, 0.1) is 5.82 Å². The molecule has 0 fully saturated rings. The Morgan fingerprint density at radius 2 is 1.83 bits per heavy atom. The van der Waals surface area contributed by atoms with Gasteiger partial charge < -0.3 is 10.6 Å². The predicted molar refractivity (Wildman–Crippen MR) is 109 cm³/mol. The summed E-state index contributed by atoms with van der Waals surface area (Å²) >= 11 is 0. The van der Waals surface area contributed by atoms with Crippen LogP contribution in [-0.2, 0) is 11.3 Å². The highest BCUT2D eigenvalue weighted by Gasteiger charge is 2.14. The molecule has 1 aromatic carbocycles. The van der Waals surface area contributed by atoms with E-state index in [9.17, 15) is 18.8 Å². The molecule has 0 spiro atoms. The molecule has 154 valence electrons. The number of hydrogen-bond acceptors (Lipinski definition) is 6. The second-order valence-corrected chi connectivity index (χ2v) is 6.66. The fourth-order valence-corrected chi connectivity index (χ4v) is 2.68. The van der Waals surface area contributed by atoms with Crippen molar-refractivity contribution in [2.24, 2.45) is 0 Å². The monoisotopic (exact) mass is 409 g/mol. The minimum Gasteiger partial charge on any atom is -0.319 e. The quantitative estimate of drug-likeness (QED) is 0.574. The van der Waals surface area contributed by atoms with Crippen molar-refractivity contribution in [1.29, 1.82) is 0 Å². The van der Waals surface area contributed by atoms with Crippen molar-refractivity contribution in [3.63, 3.8) is 0 Å². The van der Waals surface area contributed by atoms with Crippen molar-refractivity contribution in [1.82, 2.24) is 19.9 Å². The van der Waals surface area contributed by atoms with Crippen LogP contribution in [-0.4, -0.2) is 39.3 Å². The third kappa shape index (κ3) is 4.81. The number of aromatic nitrogens is 3. The molecule has 9 heteroatoms.